The lowest BCUT2D eigenvalue weighted by molar-refractivity contribution is -0.167. The minimum Gasteiger partial charge on any atom is -0.462 e. The molecule has 0 saturated heterocycles. The van der Waals surface area contributed by atoms with Gasteiger partial charge in [-0.15, -0.1) is 0 Å². The fourth-order valence-corrected chi connectivity index (χ4v) is 9.99. The van der Waals surface area contributed by atoms with Gasteiger partial charge in [0.15, 0.2) is 6.10 Å². The summed E-state index contributed by atoms with van der Waals surface area (Å²) in [6.07, 6.45) is 97.6. The summed E-state index contributed by atoms with van der Waals surface area (Å²) in [6, 6.07) is 0. The van der Waals surface area contributed by atoms with Crippen molar-refractivity contribution >= 4 is 17.9 Å². The van der Waals surface area contributed by atoms with Crippen LogP contribution in [0, 0.1) is 0 Å². The van der Waals surface area contributed by atoms with E-state index in [0.717, 1.165) is 116 Å². The first-order valence-corrected chi connectivity index (χ1v) is 35.4. The van der Waals surface area contributed by atoms with E-state index in [1.165, 1.54) is 180 Å². The summed E-state index contributed by atoms with van der Waals surface area (Å²) in [5.74, 6) is -0.944. The van der Waals surface area contributed by atoms with Gasteiger partial charge in [-0.05, 0) is 109 Å². The fourth-order valence-electron chi connectivity index (χ4n) is 9.99. The SMILES string of the molecule is CC/C=C\C/C=C\C/C=C\C/C=C\C/C=C\C/C=C\C/C=C\C/C=C\CCCCC(=O)OC(COC(=O)CCCCCCC)COC(=O)CCCCCCCCCCCCCCCCCCCCCCC/C=C\CCCCCCCCCC. The maximum Gasteiger partial charge on any atom is 0.306 e. The van der Waals surface area contributed by atoms with Crippen LogP contribution in [0.5, 0.6) is 0 Å². The molecule has 6 nitrogen and oxygen atoms in total. The van der Waals surface area contributed by atoms with Crippen LogP contribution in [0.3, 0.4) is 0 Å². The van der Waals surface area contributed by atoms with Gasteiger partial charge >= 0.3 is 17.9 Å². The van der Waals surface area contributed by atoms with Crippen LogP contribution < -0.4 is 0 Å². The molecule has 0 aromatic heterocycles. The monoisotopic (exact) mass is 1150 g/mol. The highest BCUT2D eigenvalue weighted by Gasteiger charge is 2.19. The van der Waals surface area contributed by atoms with Crippen molar-refractivity contribution in [1.82, 2.24) is 0 Å². The zero-order valence-electron chi connectivity index (χ0n) is 54.7. The zero-order chi connectivity index (χ0) is 59.9. The summed E-state index contributed by atoms with van der Waals surface area (Å²) >= 11 is 0. The van der Waals surface area contributed by atoms with Crippen LogP contribution in [0.1, 0.15) is 342 Å². The van der Waals surface area contributed by atoms with Crippen LogP contribution in [0.15, 0.2) is 109 Å². The van der Waals surface area contributed by atoms with E-state index in [1.807, 2.05) is 0 Å². The molecule has 0 spiro atoms. The van der Waals surface area contributed by atoms with Gasteiger partial charge in [-0.2, -0.15) is 0 Å². The van der Waals surface area contributed by atoms with Crippen molar-refractivity contribution in [2.75, 3.05) is 13.2 Å². The topological polar surface area (TPSA) is 78.9 Å². The van der Waals surface area contributed by atoms with Crippen molar-refractivity contribution in [3.63, 3.8) is 0 Å². The van der Waals surface area contributed by atoms with Crippen molar-refractivity contribution in [2.24, 2.45) is 0 Å². The van der Waals surface area contributed by atoms with E-state index in [0.29, 0.717) is 19.3 Å². The normalized spacial score (nSPS) is 12.8. The molecule has 0 rings (SSSR count). The molecule has 0 fully saturated rings. The third-order valence-corrected chi connectivity index (χ3v) is 15.3. The molecule has 0 aliphatic heterocycles. The number of carbonyl (C=O) groups excluding carboxylic acids is 3. The summed E-state index contributed by atoms with van der Waals surface area (Å²) in [4.78, 5) is 38.0. The fraction of sp³-hybridized carbons (Fsp3) is 0.727. The minimum atomic E-state index is -0.799. The quantitative estimate of drug-likeness (QED) is 0.0261. The predicted octanol–water partition coefficient (Wildman–Crippen LogP) is 24.6. The van der Waals surface area contributed by atoms with Crippen molar-refractivity contribution < 1.29 is 28.6 Å². The average molecular weight is 1150 g/mol. The molecule has 1 unspecified atom stereocenters. The molecule has 0 aliphatic rings. The Kier molecular flexibility index (Phi) is 67.2. The van der Waals surface area contributed by atoms with E-state index in [2.05, 4.69) is 130 Å². The third kappa shape index (κ3) is 68.7. The first kappa shape index (κ1) is 79.1. The Hall–Kier alpha value is -3.93. The summed E-state index contributed by atoms with van der Waals surface area (Å²) < 4.78 is 16.8. The van der Waals surface area contributed by atoms with Crippen LogP contribution in [0.2, 0.25) is 0 Å². The van der Waals surface area contributed by atoms with E-state index in [-0.39, 0.29) is 37.5 Å². The van der Waals surface area contributed by atoms with Crippen molar-refractivity contribution in [3.8, 4) is 0 Å². The van der Waals surface area contributed by atoms with Crippen LogP contribution in [0.25, 0.3) is 0 Å². The van der Waals surface area contributed by atoms with Gasteiger partial charge in [-0.1, -0.05) is 323 Å². The van der Waals surface area contributed by atoms with Crippen LogP contribution in [-0.2, 0) is 28.6 Å². The Bertz CT molecular complexity index is 1660. The molecule has 0 bridgehead atoms. The van der Waals surface area contributed by atoms with E-state index in [1.54, 1.807) is 0 Å². The van der Waals surface area contributed by atoms with Crippen LogP contribution >= 0.6 is 0 Å². The first-order valence-electron chi connectivity index (χ1n) is 35.4. The maximum atomic E-state index is 12.8. The molecule has 0 heterocycles. The Morgan fingerprint density at radius 1 is 0.253 bits per heavy atom. The zero-order valence-corrected chi connectivity index (χ0v) is 54.7. The van der Waals surface area contributed by atoms with Crippen molar-refractivity contribution in [3.05, 3.63) is 109 Å². The van der Waals surface area contributed by atoms with Gasteiger partial charge in [0.25, 0.3) is 0 Å². The summed E-state index contributed by atoms with van der Waals surface area (Å²) in [7, 11) is 0. The van der Waals surface area contributed by atoms with Crippen LogP contribution in [0.4, 0.5) is 0 Å². The molecule has 0 N–H and O–H groups in total. The van der Waals surface area contributed by atoms with Gasteiger partial charge in [0.05, 0.1) is 0 Å². The van der Waals surface area contributed by atoms with Gasteiger partial charge in [0, 0.05) is 19.3 Å². The lowest BCUT2D eigenvalue weighted by Gasteiger charge is -2.18. The molecule has 0 radical (unpaired) electrons. The van der Waals surface area contributed by atoms with Gasteiger partial charge in [-0.25, -0.2) is 0 Å². The second-order valence-corrected chi connectivity index (χ2v) is 23.4. The highest BCUT2D eigenvalue weighted by molar-refractivity contribution is 5.71. The van der Waals surface area contributed by atoms with Gasteiger partial charge in [0.1, 0.15) is 13.2 Å². The Morgan fingerprint density at radius 2 is 0.470 bits per heavy atom. The molecule has 476 valence electrons. The highest BCUT2D eigenvalue weighted by Crippen LogP contribution is 2.17. The predicted molar refractivity (Wildman–Crippen MR) is 362 cm³/mol. The number of hydrogen-bond donors (Lipinski definition) is 0. The van der Waals surface area contributed by atoms with E-state index in [9.17, 15) is 14.4 Å². The molecule has 83 heavy (non-hydrogen) atoms. The summed E-state index contributed by atoms with van der Waals surface area (Å²) in [6.45, 7) is 6.43. The van der Waals surface area contributed by atoms with E-state index in [4.69, 9.17) is 14.2 Å². The van der Waals surface area contributed by atoms with E-state index < -0.39 is 6.10 Å². The molecule has 0 saturated carbocycles. The van der Waals surface area contributed by atoms with Gasteiger partial charge < -0.3 is 14.2 Å². The van der Waals surface area contributed by atoms with Crippen molar-refractivity contribution in [1.29, 1.82) is 0 Å². The number of esters is 3. The van der Waals surface area contributed by atoms with Gasteiger partial charge in [-0.3, -0.25) is 14.4 Å². The maximum absolute atomic E-state index is 12.8. The molecule has 0 amide bonds. The second-order valence-electron chi connectivity index (χ2n) is 23.4. The molecule has 0 aliphatic carbocycles. The Labute approximate surface area is 514 Å². The summed E-state index contributed by atoms with van der Waals surface area (Å²) in [5, 5.41) is 0. The molecular formula is C77H132O6. The number of rotatable bonds is 64. The number of unbranched alkanes of at least 4 members (excludes halogenated alkanes) is 35. The number of allylic oxidation sites excluding steroid dienone is 18. The van der Waals surface area contributed by atoms with Crippen molar-refractivity contribution in [2.45, 2.75) is 348 Å². The van der Waals surface area contributed by atoms with E-state index >= 15 is 0 Å². The number of carbonyl (C=O) groups is 3. The number of hydrogen-bond acceptors (Lipinski definition) is 6. The molecule has 6 heteroatoms. The number of ether oxygens (including phenoxy) is 3. The second kappa shape index (κ2) is 70.6. The first-order chi connectivity index (χ1) is 41.0. The molecule has 0 aromatic carbocycles. The standard InChI is InChI=1S/C77H132O6/c1-4-7-10-13-15-17-19-21-23-25-27-29-31-33-35-36-37-38-39-40-42-43-45-47-49-51-53-55-57-59-61-64-67-70-76(79)82-73-74(72-81-75(78)69-66-63-12-9-6-3)83-77(80)71-68-65-62-60-58-56-54-52-50-48-46-44-41-34-32-30-28-26-24-22-20-18-16-14-11-8-5-2/h8,11,16,18,22,24-25,27-28,30,34,41,46,48,52,54,58,60,74H,4-7,9-10,12-15,17,19-21,23,26,29,31-33,35-40,42-45,47,49-51,53,55-57,59,61-73H2,1-3H3/b11-8-,18-16-,24-22-,27-25-,30-28-,41-34-,48-46-,54-52-,60-58-. The smallest absolute Gasteiger partial charge is 0.306 e. The van der Waals surface area contributed by atoms with Gasteiger partial charge in [0.2, 0.25) is 0 Å². The minimum absolute atomic E-state index is 0.0942. The summed E-state index contributed by atoms with van der Waals surface area (Å²) in [5.41, 5.74) is 0. The molecule has 1 atom stereocenters. The molecular weight excluding hydrogens is 1020 g/mol. The Morgan fingerprint density at radius 3 is 0.771 bits per heavy atom. The highest BCUT2D eigenvalue weighted by atomic mass is 16.6. The van der Waals surface area contributed by atoms with Crippen LogP contribution in [-0.4, -0.2) is 37.2 Å². The molecule has 0 aromatic rings. The third-order valence-electron chi connectivity index (χ3n) is 15.3. The largest absolute Gasteiger partial charge is 0.462 e. The lowest BCUT2D eigenvalue weighted by atomic mass is 10.0. The Balaban J connectivity index is 4.03. The average Bonchev–Trinajstić information content (AvgIpc) is 3.49. The lowest BCUT2D eigenvalue weighted by Crippen LogP contribution is -2.30.